The minimum atomic E-state index is 0. The Labute approximate surface area is 188 Å². The maximum absolute atomic E-state index is 5.36. The molecule has 154 valence electrons. The molecule has 1 atom stereocenters. The molecule has 0 saturated carbocycles. The Morgan fingerprint density at radius 3 is 3.00 bits per heavy atom. The SMILES string of the molecule is CN=C(NCCc1ncc(C)s1)NC1CCCN(c2cccc(OC)c2)C1.I. The lowest BCUT2D eigenvalue weighted by Gasteiger charge is -2.35. The van der Waals surface area contributed by atoms with Crippen LogP contribution in [-0.2, 0) is 6.42 Å². The van der Waals surface area contributed by atoms with Gasteiger partial charge in [0.05, 0.1) is 12.1 Å². The highest BCUT2D eigenvalue weighted by molar-refractivity contribution is 14.0. The Hall–Kier alpha value is -1.55. The summed E-state index contributed by atoms with van der Waals surface area (Å²) in [6.45, 7) is 4.95. The van der Waals surface area contributed by atoms with E-state index in [1.165, 1.54) is 10.6 Å². The standard InChI is InChI=1S/C20H29N5OS.HI/c1-15-13-23-19(27-15)9-10-22-20(21-2)24-16-6-5-11-25(14-16)17-7-4-8-18(12-17)26-3;/h4,7-8,12-13,16H,5-6,9-11,14H2,1-3H3,(H2,21,22,24);1H. The molecular weight excluding hydrogens is 485 g/mol. The van der Waals surface area contributed by atoms with Crippen molar-refractivity contribution in [1.82, 2.24) is 15.6 Å². The summed E-state index contributed by atoms with van der Waals surface area (Å²) in [6.07, 6.45) is 5.15. The molecule has 1 aliphatic heterocycles. The first-order chi connectivity index (χ1) is 13.2. The van der Waals surface area contributed by atoms with Crippen molar-refractivity contribution >= 4 is 47.0 Å². The zero-order chi connectivity index (χ0) is 19.1. The summed E-state index contributed by atoms with van der Waals surface area (Å²) in [5.74, 6) is 1.76. The van der Waals surface area contributed by atoms with Crippen LogP contribution in [0.3, 0.4) is 0 Å². The Morgan fingerprint density at radius 1 is 1.43 bits per heavy atom. The van der Waals surface area contributed by atoms with Gasteiger partial charge in [-0.1, -0.05) is 6.07 Å². The van der Waals surface area contributed by atoms with Crippen LogP contribution in [0.25, 0.3) is 0 Å². The van der Waals surface area contributed by atoms with Crippen LogP contribution in [0.4, 0.5) is 5.69 Å². The highest BCUT2D eigenvalue weighted by Gasteiger charge is 2.21. The molecule has 6 nitrogen and oxygen atoms in total. The number of hydrogen-bond donors (Lipinski definition) is 2. The van der Waals surface area contributed by atoms with Crippen LogP contribution in [0.1, 0.15) is 22.7 Å². The number of guanidine groups is 1. The zero-order valence-electron chi connectivity index (χ0n) is 16.8. The van der Waals surface area contributed by atoms with Crippen LogP contribution in [0.15, 0.2) is 35.5 Å². The van der Waals surface area contributed by atoms with E-state index < -0.39 is 0 Å². The number of hydrogen-bond acceptors (Lipinski definition) is 5. The number of ether oxygens (including phenoxy) is 1. The summed E-state index contributed by atoms with van der Waals surface area (Å²) in [5.41, 5.74) is 1.21. The van der Waals surface area contributed by atoms with E-state index in [1.807, 2.05) is 25.4 Å². The van der Waals surface area contributed by atoms with Crippen molar-refractivity contribution in [3.63, 3.8) is 0 Å². The van der Waals surface area contributed by atoms with Gasteiger partial charge in [0.2, 0.25) is 0 Å². The van der Waals surface area contributed by atoms with Gasteiger partial charge in [0, 0.05) is 62.0 Å². The van der Waals surface area contributed by atoms with E-state index in [9.17, 15) is 0 Å². The third-order valence-electron chi connectivity index (χ3n) is 4.70. The molecule has 0 radical (unpaired) electrons. The lowest BCUT2D eigenvalue weighted by molar-refractivity contribution is 0.414. The number of anilines is 1. The molecule has 0 spiro atoms. The summed E-state index contributed by atoms with van der Waals surface area (Å²) < 4.78 is 5.36. The summed E-state index contributed by atoms with van der Waals surface area (Å²) in [5, 5.41) is 8.15. The van der Waals surface area contributed by atoms with Crippen molar-refractivity contribution in [1.29, 1.82) is 0 Å². The normalized spacial score (nSPS) is 17.0. The molecule has 1 aromatic heterocycles. The molecule has 1 aliphatic rings. The van der Waals surface area contributed by atoms with Crippen LogP contribution in [0, 0.1) is 6.92 Å². The lowest BCUT2D eigenvalue weighted by atomic mass is 10.0. The average molecular weight is 515 g/mol. The number of rotatable bonds is 6. The molecule has 1 unspecified atom stereocenters. The first-order valence-corrected chi connectivity index (χ1v) is 10.3. The second kappa shape index (κ2) is 11.5. The van der Waals surface area contributed by atoms with Gasteiger partial charge in [-0.2, -0.15) is 0 Å². The lowest BCUT2D eigenvalue weighted by Crippen LogP contribution is -2.51. The minimum Gasteiger partial charge on any atom is -0.497 e. The van der Waals surface area contributed by atoms with Crippen molar-refractivity contribution in [2.24, 2.45) is 4.99 Å². The van der Waals surface area contributed by atoms with E-state index in [1.54, 1.807) is 18.4 Å². The van der Waals surface area contributed by atoms with E-state index in [0.717, 1.165) is 55.6 Å². The van der Waals surface area contributed by atoms with E-state index in [4.69, 9.17) is 4.74 Å². The molecule has 0 amide bonds. The van der Waals surface area contributed by atoms with E-state index in [-0.39, 0.29) is 24.0 Å². The first-order valence-electron chi connectivity index (χ1n) is 9.45. The fourth-order valence-electron chi connectivity index (χ4n) is 3.33. The number of benzene rings is 1. The summed E-state index contributed by atoms with van der Waals surface area (Å²) in [6, 6.07) is 8.66. The second-order valence-electron chi connectivity index (χ2n) is 6.74. The zero-order valence-corrected chi connectivity index (χ0v) is 19.9. The topological polar surface area (TPSA) is 61.8 Å². The fourth-order valence-corrected chi connectivity index (χ4v) is 4.12. The smallest absolute Gasteiger partial charge is 0.191 e. The van der Waals surface area contributed by atoms with Crippen molar-refractivity contribution in [2.75, 3.05) is 38.7 Å². The molecule has 2 aromatic rings. The molecule has 1 fully saturated rings. The van der Waals surface area contributed by atoms with Gasteiger partial charge in [-0.25, -0.2) is 4.98 Å². The fraction of sp³-hybridized carbons (Fsp3) is 0.500. The number of aryl methyl sites for hydroxylation is 1. The Kier molecular flexibility index (Phi) is 9.30. The second-order valence-corrected chi connectivity index (χ2v) is 8.06. The number of thiazole rings is 1. The van der Waals surface area contributed by atoms with Gasteiger partial charge in [0.1, 0.15) is 5.75 Å². The molecule has 1 saturated heterocycles. The van der Waals surface area contributed by atoms with Crippen LogP contribution in [-0.4, -0.2) is 50.8 Å². The van der Waals surface area contributed by atoms with Gasteiger partial charge in [-0.05, 0) is 31.9 Å². The number of nitrogens with zero attached hydrogens (tertiary/aromatic N) is 3. The van der Waals surface area contributed by atoms with Gasteiger partial charge < -0.3 is 20.3 Å². The summed E-state index contributed by atoms with van der Waals surface area (Å²) >= 11 is 1.76. The van der Waals surface area contributed by atoms with Gasteiger partial charge in [0.15, 0.2) is 5.96 Å². The predicted octanol–water partition coefficient (Wildman–Crippen LogP) is 3.45. The maximum atomic E-state index is 5.36. The molecule has 28 heavy (non-hydrogen) atoms. The minimum absolute atomic E-state index is 0. The maximum Gasteiger partial charge on any atom is 0.191 e. The summed E-state index contributed by atoms with van der Waals surface area (Å²) in [7, 11) is 3.54. The number of nitrogens with one attached hydrogen (secondary N) is 2. The van der Waals surface area contributed by atoms with Gasteiger partial charge in [0.25, 0.3) is 0 Å². The van der Waals surface area contributed by atoms with E-state index in [0.29, 0.717) is 6.04 Å². The van der Waals surface area contributed by atoms with Crippen molar-refractivity contribution < 1.29 is 4.74 Å². The van der Waals surface area contributed by atoms with Crippen LogP contribution >= 0.6 is 35.3 Å². The molecule has 1 aromatic carbocycles. The molecule has 8 heteroatoms. The quantitative estimate of drug-likeness (QED) is 0.351. The monoisotopic (exact) mass is 515 g/mol. The van der Waals surface area contributed by atoms with E-state index >= 15 is 0 Å². The first kappa shape index (κ1) is 22.7. The molecule has 0 bridgehead atoms. The van der Waals surface area contributed by atoms with Crippen molar-refractivity contribution in [2.45, 2.75) is 32.2 Å². The number of halogens is 1. The van der Waals surface area contributed by atoms with Crippen LogP contribution < -0.4 is 20.3 Å². The molecule has 2 heterocycles. The van der Waals surface area contributed by atoms with Crippen LogP contribution in [0.2, 0.25) is 0 Å². The summed E-state index contributed by atoms with van der Waals surface area (Å²) in [4.78, 5) is 12.5. The number of aliphatic imine (C=N–C) groups is 1. The van der Waals surface area contributed by atoms with Gasteiger partial charge in [-0.3, -0.25) is 4.99 Å². The molecular formula is C20H30IN5OS. The van der Waals surface area contributed by atoms with E-state index in [2.05, 4.69) is 44.6 Å². The van der Waals surface area contributed by atoms with Crippen molar-refractivity contribution in [3.8, 4) is 5.75 Å². The van der Waals surface area contributed by atoms with Gasteiger partial charge in [-0.15, -0.1) is 35.3 Å². The average Bonchev–Trinajstić information content (AvgIpc) is 3.12. The van der Waals surface area contributed by atoms with Crippen molar-refractivity contribution in [3.05, 3.63) is 40.3 Å². The Bertz CT molecular complexity index is 767. The van der Waals surface area contributed by atoms with Gasteiger partial charge >= 0.3 is 0 Å². The third-order valence-corrected chi connectivity index (χ3v) is 5.68. The number of methoxy groups -OCH3 is 1. The highest BCUT2D eigenvalue weighted by Crippen LogP contribution is 2.24. The molecule has 0 aliphatic carbocycles. The number of aromatic nitrogens is 1. The van der Waals surface area contributed by atoms with Crippen LogP contribution in [0.5, 0.6) is 5.75 Å². The molecule has 3 rings (SSSR count). The predicted molar refractivity (Wildman–Crippen MR) is 129 cm³/mol. The Balaban J connectivity index is 0.00000280. The highest BCUT2D eigenvalue weighted by atomic mass is 127. The molecule has 2 N–H and O–H groups in total. The third kappa shape index (κ3) is 6.51. The largest absolute Gasteiger partial charge is 0.497 e. The Morgan fingerprint density at radius 2 is 2.29 bits per heavy atom. The number of piperidine rings is 1.